The molecule has 0 unspecified atom stereocenters. The van der Waals surface area contributed by atoms with Crippen LogP contribution in [0.1, 0.15) is 36.0 Å². The van der Waals surface area contributed by atoms with E-state index in [1.807, 2.05) is 0 Å². The van der Waals surface area contributed by atoms with Crippen molar-refractivity contribution in [3.05, 3.63) is 29.8 Å². The number of aromatic hydroxyl groups is 1. The van der Waals surface area contributed by atoms with E-state index in [0.717, 1.165) is 5.33 Å². The van der Waals surface area contributed by atoms with Gasteiger partial charge in [-0.3, -0.25) is 4.79 Å². The van der Waals surface area contributed by atoms with E-state index >= 15 is 0 Å². The van der Waals surface area contributed by atoms with Crippen molar-refractivity contribution in [1.82, 2.24) is 5.32 Å². The third-order valence-electron chi connectivity index (χ3n) is 3.68. The number of hydrogen-bond acceptors (Lipinski definition) is 2. The largest absolute Gasteiger partial charge is 0.508 e. The number of phenols is 1. The van der Waals surface area contributed by atoms with Crippen molar-refractivity contribution in [2.45, 2.75) is 25.7 Å². The normalized spacial score (nSPS) is 17.6. The van der Waals surface area contributed by atoms with Crippen LogP contribution in [0.4, 0.5) is 0 Å². The molecule has 2 rings (SSSR count). The number of amides is 1. The molecule has 18 heavy (non-hydrogen) atoms. The van der Waals surface area contributed by atoms with E-state index < -0.39 is 0 Å². The molecular weight excluding hydrogens is 294 g/mol. The Morgan fingerprint density at radius 2 is 2.11 bits per heavy atom. The Labute approximate surface area is 116 Å². The SMILES string of the molecule is O=C(NCC1(CBr)CCCC1)c1cccc(O)c1. The van der Waals surface area contributed by atoms with Crippen molar-refractivity contribution in [3.8, 4) is 5.75 Å². The fraction of sp³-hybridized carbons (Fsp3) is 0.500. The lowest BCUT2D eigenvalue weighted by molar-refractivity contribution is 0.0935. The summed E-state index contributed by atoms with van der Waals surface area (Å²) in [6.07, 6.45) is 4.82. The van der Waals surface area contributed by atoms with Gasteiger partial charge >= 0.3 is 0 Å². The molecule has 4 heteroatoms. The minimum absolute atomic E-state index is 0.113. The Morgan fingerprint density at radius 1 is 1.39 bits per heavy atom. The lowest BCUT2D eigenvalue weighted by Crippen LogP contribution is -2.37. The number of carbonyl (C=O) groups excluding carboxylic acids is 1. The summed E-state index contributed by atoms with van der Waals surface area (Å²) in [5, 5.41) is 13.3. The number of nitrogens with one attached hydrogen (secondary N) is 1. The van der Waals surface area contributed by atoms with Crippen LogP contribution in [0.3, 0.4) is 0 Å². The second-order valence-electron chi connectivity index (χ2n) is 5.07. The van der Waals surface area contributed by atoms with Gasteiger partial charge in [0.1, 0.15) is 5.75 Å². The van der Waals surface area contributed by atoms with Crippen LogP contribution in [0.25, 0.3) is 0 Å². The van der Waals surface area contributed by atoms with Crippen molar-refractivity contribution < 1.29 is 9.90 Å². The van der Waals surface area contributed by atoms with Gasteiger partial charge in [0.2, 0.25) is 0 Å². The Morgan fingerprint density at radius 3 is 2.72 bits per heavy atom. The Bertz CT molecular complexity index is 428. The van der Waals surface area contributed by atoms with Gasteiger partial charge in [0.15, 0.2) is 0 Å². The van der Waals surface area contributed by atoms with E-state index in [-0.39, 0.29) is 17.1 Å². The smallest absolute Gasteiger partial charge is 0.251 e. The first-order valence-electron chi connectivity index (χ1n) is 6.28. The molecule has 0 radical (unpaired) electrons. The number of benzene rings is 1. The molecule has 0 spiro atoms. The van der Waals surface area contributed by atoms with Crippen molar-refractivity contribution in [3.63, 3.8) is 0 Å². The van der Waals surface area contributed by atoms with Crippen LogP contribution < -0.4 is 5.32 Å². The monoisotopic (exact) mass is 311 g/mol. The molecule has 1 aromatic carbocycles. The average Bonchev–Trinajstić information content (AvgIpc) is 2.85. The maximum atomic E-state index is 12.0. The van der Waals surface area contributed by atoms with Gasteiger partial charge in [-0.05, 0) is 36.5 Å². The van der Waals surface area contributed by atoms with Crippen molar-refractivity contribution in [2.75, 3.05) is 11.9 Å². The molecule has 1 saturated carbocycles. The molecule has 3 nitrogen and oxygen atoms in total. The zero-order valence-electron chi connectivity index (χ0n) is 10.3. The Balaban J connectivity index is 1.96. The number of rotatable bonds is 4. The molecule has 1 amide bonds. The molecule has 1 aliphatic carbocycles. The van der Waals surface area contributed by atoms with Crippen molar-refractivity contribution >= 4 is 21.8 Å². The highest BCUT2D eigenvalue weighted by Crippen LogP contribution is 2.38. The van der Waals surface area contributed by atoms with Gasteiger partial charge in [-0.25, -0.2) is 0 Å². The second-order valence-corrected chi connectivity index (χ2v) is 5.63. The number of phenolic OH excluding ortho intramolecular Hbond substituents is 1. The van der Waals surface area contributed by atoms with Gasteiger partial charge in [-0.15, -0.1) is 0 Å². The molecule has 0 aliphatic heterocycles. The van der Waals surface area contributed by atoms with Crippen LogP contribution in [0.5, 0.6) is 5.75 Å². The second kappa shape index (κ2) is 5.74. The number of alkyl halides is 1. The predicted molar refractivity (Wildman–Crippen MR) is 75.1 cm³/mol. The van der Waals surface area contributed by atoms with Crippen LogP contribution in [0, 0.1) is 5.41 Å². The molecule has 0 heterocycles. The first-order valence-corrected chi connectivity index (χ1v) is 7.41. The number of carbonyl (C=O) groups is 1. The number of halogens is 1. The minimum Gasteiger partial charge on any atom is -0.508 e. The van der Waals surface area contributed by atoms with E-state index in [1.165, 1.54) is 31.7 Å². The summed E-state index contributed by atoms with van der Waals surface area (Å²) >= 11 is 3.56. The fourth-order valence-corrected chi connectivity index (χ4v) is 3.26. The van der Waals surface area contributed by atoms with E-state index in [0.29, 0.717) is 12.1 Å². The maximum Gasteiger partial charge on any atom is 0.251 e. The fourth-order valence-electron chi connectivity index (χ4n) is 2.50. The summed E-state index contributed by atoms with van der Waals surface area (Å²) in [5.41, 5.74) is 0.727. The first kappa shape index (κ1) is 13.4. The third kappa shape index (κ3) is 3.05. The summed E-state index contributed by atoms with van der Waals surface area (Å²) in [4.78, 5) is 12.0. The van der Waals surface area contributed by atoms with Crippen molar-refractivity contribution in [2.24, 2.45) is 5.41 Å². The standard InChI is InChI=1S/C14H18BrNO2/c15-9-14(6-1-2-7-14)10-16-13(18)11-4-3-5-12(17)8-11/h3-5,8,17H,1-2,6-7,9-10H2,(H,16,18). The van der Waals surface area contributed by atoms with Crippen LogP contribution in [-0.4, -0.2) is 22.9 Å². The highest BCUT2D eigenvalue weighted by atomic mass is 79.9. The van der Waals surface area contributed by atoms with Gasteiger partial charge in [-0.2, -0.15) is 0 Å². The molecule has 98 valence electrons. The van der Waals surface area contributed by atoms with Gasteiger partial charge in [0.25, 0.3) is 5.91 Å². The zero-order valence-corrected chi connectivity index (χ0v) is 11.9. The van der Waals surface area contributed by atoms with Crippen LogP contribution in [-0.2, 0) is 0 Å². The molecular formula is C14H18BrNO2. The first-order chi connectivity index (χ1) is 8.65. The molecule has 0 atom stereocenters. The molecule has 1 fully saturated rings. The van der Waals surface area contributed by atoms with Crippen LogP contribution in [0.2, 0.25) is 0 Å². The molecule has 2 N–H and O–H groups in total. The van der Waals surface area contributed by atoms with E-state index in [9.17, 15) is 9.90 Å². The minimum atomic E-state index is -0.113. The third-order valence-corrected chi connectivity index (χ3v) is 4.87. The predicted octanol–water partition coefficient (Wildman–Crippen LogP) is 3.08. The lowest BCUT2D eigenvalue weighted by atomic mass is 9.89. The van der Waals surface area contributed by atoms with Gasteiger partial charge in [-0.1, -0.05) is 34.8 Å². The maximum absolute atomic E-state index is 12.0. The topological polar surface area (TPSA) is 49.3 Å². The number of hydrogen-bond donors (Lipinski definition) is 2. The van der Waals surface area contributed by atoms with Gasteiger partial charge in [0.05, 0.1) is 0 Å². The summed E-state index contributed by atoms with van der Waals surface area (Å²) in [6.45, 7) is 0.701. The van der Waals surface area contributed by atoms with E-state index in [1.54, 1.807) is 18.2 Å². The van der Waals surface area contributed by atoms with Crippen LogP contribution in [0.15, 0.2) is 24.3 Å². The summed E-state index contributed by atoms with van der Waals surface area (Å²) in [7, 11) is 0. The van der Waals surface area contributed by atoms with Crippen LogP contribution >= 0.6 is 15.9 Å². The Hall–Kier alpha value is -1.03. The molecule has 0 saturated heterocycles. The summed E-state index contributed by atoms with van der Waals surface area (Å²) in [6, 6.07) is 6.45. The highest BCUT2D eigenvalue weighted by Gasteiger charge is 2.33. The van der Waals surface area contributed by atoms with Gasteiger partial charge in [0, 0.05) is 17.4 Å². The molecule has 1 aromatic rings. The van der Waals surface area contributed by atoms with Gasteiger partial charge < -0.3 is 10.4 Å². The van der Waals surface area contributed by atoms with E-state index in [2.05, 4.69) is 21.2 Å². The Kier molecular flexibility index (Phi) is 4.27. The average molecular weight is 312 g/mol. The molecule has 0 aromatic heterocycles. The zero-order chi connectivity index (χ0) is 13.0. The quantitative estimate of drug-likeness (QED) is 0.840. The summed E-state index contributed by atoms with van der Waals surface area (Å²) in [5.74, 6) is 0.0110. The highest BCUT2D eigenvalue weighted by molar-refractivity contribution is 9.09. The molecule has 1 aliphatic rings. The summed E-state index contributed by atoms with van der Waals surface area (Å²) < 4.78 is 0. The lowest BCUT2D eigenvalue weighted by Gasteiger charge is -2.26. The van der Waals surface area contributed by atoms with E-state index in [4.69, 9.17) is 0 Å². The molecule has 0 bridgehead atoms. The van der Waals surface area contributed by atoms with Crippen molar-refractivity contribution in [1.29, 1.82) is 0 Å².